The van der Waals surface area contributed by atoms with Crippen LogP contribution in [-0.4, -0.2) is 52.8 Å². The molecule has 0 bridgehead atoms. The van der Waals surface area contributed by atoms with Gasteiger partial charge in [-0.1, -0.05) is 54.6 Å². The van der Waals surface area contributed by atoms with Crippen LogP contribution in [-0.2, 0) is 22.2 Å². The SMILES string of the molecule is C=CCN1C(=O)N[C@H](c2ccccc2C(F)(F)F)C2=C1CN([C@H](Cc1ccccc1)C(=O)NC(C)C)C2=O. The fraction of sp³-hybridized carbons (Fsp3) is 0.321. The molecule has 0 saturated heterocycles. The summed E-state index contributed by atoms with van der Waals surface area (Å²) in [4.78, 5) is 43.0. The van der Waals surface area contributed by atoms with Crippen LogP contribution in [0.1, 0.15) is 36.6 Å². The van der Waals surface area contributed by atoms with Gasteiger partial charge in [0.05, 0.1) is 29.4 Å². The lowest BCUT2D eigenvalue weighted by atomic mass is 9.91. The van der Waals surface area contributed by atoms with Gasteiger partial charge >= 0.3 is 12.2 Å². The molecule has 0 spiro atoms. The molecule has 2 aliphatic rings. The number of alkyl halides is 3. The number of carbonyl (C=O) groups is 3. The third kappa shape index (κ3) is 5.29. The third-order valence-electron chi connectivity index (χ3n) is 6.52. The van der Waals surface area contributed by atoms with Crippen LogP contribution < -0.4 is 10.6 Å². The lowest BCUT2D eigenvalue weighted by molar-refractivity contribution is -0.138. The molecule has 2 atom stereocenters. The Morgan fingerprint density at radius 1 is 1.13 bits per heavy atom. The molecule has 0 saturated carbocycles. The zero-order chi connectivity index (χ0) is 27.6. The minimum absolute atomic E-state index is 0.0126. The van der Waals surface area contributed by atoms with Gasteiger partial charge in [0.25, 0.3) is 5.91 Å². The molecule has 2 N–H and O–H groups in total. The standard InChI is InChI=1S/C28H29F3N4O3/c1-4-14-34-22-16-35(21(25(36)32-17(2)3)15-18-10-6-5-7-11-18)26(37)23(22)24(33-27(34)38)19-12-8-9-13-20(19)28(29,30)31/h4-13,17,21,24H,1,14-16H2,2-3H3,(H,32,36)(H,33,38)/t21-,24-/m1/s1. The molecule has 4 rings (SSSR count). The normalized spacial score (nSPS) is 18.4. The van der Waals surface area contributed by atoms with E-state index in [4.69, 9.17) is 0 Å². The van der Waals surface area contributed by atoms with Crippen LogP contribution in [0.3, 0.4) is 0 Å². The highest BCUT2D eigenvalue weighted by Gasteiger charge is 2.48. The van der Waals surface area contributed by atoms with E-state index in [1.807, 2.05) is 30.3 Å². The van der Waals surface area contributed by atoms with E-state index in [-0.39, 0.29) is 48.3 Å². The maximum absolute atomic E-state index is 14.0. The second-order valence-corrected chi connectivity index (χ2v) is 9.53. The summed E-state index contributed by atoms with van der Waals surface area (Å²) in [5, 5.41) is 5.43. The van der Waals surface area contributed by atoms with Crippen molar-refractivity contribution in [2.24, 2.45) is 0 Å². The van der Waals surface area contributed by atoms with Crippen molar-refractivity contribution in [1.82, 2.24) is 20.4 Å². The van der Waals surface area contributed by atoms with Gasteiger partial charge in [-0.25, -0.2) is 4.79 Å². The molecule has 0 aromatic heterocycles. The average Bonchev–Trinajstić information content (AvgIpc) is 3.20. The summed E-state index contributed by atoms with van der Waals surface area (Å²) in [6, 6.07) is 10.9. The predicted molar refractivity (Wildman–Crippen MR) is 136 cm³/mol. The highest BCUT2D eigenvalue weighted by atomic mass is 19.4. The van der Waals surface area contributed by atoms with Crippen molar-refractivity contribution in [1.29, 1.82) is 0 Å². The molecule has 2 aromatic carbocycles. The Kier molecular flexibility index (Phi) is 7.61. The van der Waals surface area contributed by atoms with Gasteiger partial charge in [0.15, 0.2) is 0 Å². The van der Waals surface area contributed by atoms with Crippen molar-refractivity contribution in [3.05, 3.63) is 95.2 Å². The number of rotatable bonds is 8. The van der Waals surface area contributed by atoms with Crippen molar-refractivity contribution >= 4 is 17.8 Å². The van der Waals surface area contributed by atoms with E-state index in [1.54, 1.807) is 13.8 Å². The highest BCUT2D eigenvalue weighted by molar-refractivity contribution is 6.03. The van der Waals surface area contributed by atoms with Gasteiger partial charge in [-0.15, -0.1) is 6.58 Å². The summed E-state index contributed by atoms with van der Waals surface area (Å²) in [6.45, 7) is 7.19. The Bertz CT molecular complexity index is 1270. The van der Waals surface area contributed by atoms with Crippen molar-refractivity contribution in [2.45, 2.75) is 44.6 Å². The molecule has 4 amide bonds. The minimum Gasteiger partial charge on any atom is -0.352 e. The fourth-order valence-electron chi connectivity index (χ4n) is 4.89. The Morgan fingerprint density at radius 2 is 1.79 bits per heavy atom. The Morgan fingerprint density at radius 3 is 2.42 bits per heavy atom. The molecular weight excluding hydrogens is 497 g/mol. The average molecular weight is 527 g/mol. The number of nitrogens with one attached hydrogen (secondary N) is 2. The minimum atomic E-state index is -4.70. The molecule has 2 aliphatic heterocycles. The zero-order valence-electron chi connectivity index (χ0n) is 21.1. The van der Waals surface area contributed by atoms with Crippen LogP contribution in [0.25, 0.3) is 0 Å². The highest BCUT2D eigenvalue weighted by Crippen LogP contribution is 2.42. The molecule has 200 valence electrons. The number of benzene rings is 2. The quantitative estimate of drug-likeness (QED) is 0.507. The molecule has 0 unspecified atom stereocenters. The van der Waals surface area contributed by atoms with E-state index in [0.717, 1.165) is 11.6 Å². The monoisotopic (exact) mass is 526 g/mol. The second kappa shape index (κ2) is 10.7. The Hall–Kier alpha value is -4.08. The second-order valence-electron chi connectivity index (χ2n) is 9.53. The van der Waals surface area contributed by atoms with Gasteiger partial charge in [0.2, 0.25) is 5.91 Å². The van der Waals surface area contributed by atoms with Crippen molar-refractivity contribution < 1.29 is 27.6 Å². The Labute approximate surface area is 219 Å². The van der Waals surface area contributed by atoms with Crippen LogP contribution in [0.5, 0.6) is 0 Å². The molecule has 2 aromatic rings. The van der Waals surface area contributed by atoms with Crippen LogP contribution >= 0.6 is 0 Å². The maximum atomic E-state index is 14.0. The van der Waals surface area contributed by atoms with Crippen LogP contribution in [0.15, 0.2) is 78.5 Å². The van der Waals surface area contributed by atoms with E-state index in [0.29, 0.717) is 0 Å². The molecular formula is C28H29F3N4O3. The predicted octanol–water partition coefficient (Wildman–Crippen LogP) is 4.19. The molecule has 0 radical (unpaired) electrons. The first-order valence-corrected chi connectivity index (χ1v) is 12.3. The van der Waals surface area contributed by atoms with Crippen molar-refractivity contribution in [3.8, 4) is 0 Å². The van der Waals surface area contributed by atoms with E-state index >= 15 is 0 Å². The summed E-state index contributed by atoms with van der Waals surface area (Å²) in [7, 11) is 0. The number of carbonyl (C=O) groups excluding carboxylic acids is 3. The molecule has 10 heteroatoms. The smallest absolute Gasteiger partial charge is 0.352 e. The number of halogens is 3. The maximum Gasteiger partial charge on any atom is 0.416 e. The van der Waals surface area contributed by atoms with Crippen molar-refractivity contribution in [2.75, 3.05) is 13.1 Å². The van der Waals surface area contributed by atoms with Gasteiger partial charge in [-0.2, -0.15) is 13.2 Å². The van der Waals surface area contributed by atoms with Crippen LogP contribution in [0.4, 0.5) is 18.0 Å². The van der Waals surface area contributed by atoms with E-state index in [1.165, 1.54) is 34.1 Å². The summed E-state index contributed by atoms with van der Waals surface area (Å²) < 4.78 is 41.7. The number of nitrogens with zero attached hydrogens (tertiary/aromatic N) is 2. The fourth-order valence-corrected chi connectivity index (χ4v) is 4.89. The van der Waals surface area contributed by atoms with Gasteiger partial charge in [0, 0.05) is 19.0 Å². The van der Waals surface area contributed by atoms with Crippen LogP contribution in [0, 0.1) is 0 Å². The summed E-state index contributed by atoms with van der Waals surface area (Å²) in [5.74, 6) is -0.991. The summed E-state index contributed by atoms with van der Waals surface area (Å²) in [6.07, 6.45) is -3.04. The van der Waals surface area contributed by atoms with E-state index < -0.39 is 35.8 Å². The molecule has 2 heterocycles. The first-order valence-electron chi connectivity index (χ1n) is 12.3. The number of hydrogen-bond acceptors (Lipinski definition) is 3. The molecule has 0 fully saturated rings. The van der Waals surface area contributed by atoms with Crippen molar-refractivity contribution in [3.63, 3.8) is 0 Å². The summed E-state index contributed by atoms with van der Waals surface area (Å²) >= 11 is 0. The topological polar surface area (TPSA) is 81.8 Å². The van der Waals surface area contributed by atoms with Gasteiger partial charge in [-0.05, 0) is 31.0 Å². The van der Waals surface area contributed by atoms with Gasteiger partial charge < -0.3 is 15.5 Å². The van der Waals surface area contributed by atoms with E-state index in [9.17, 15) is 27.6 Å². The lowest BCUT2D eigenvalue weighted by Gasteiger charge is -2.33. The number of urea groups is 1. The first-order chi connectivity index (χ1) is 18.0. The lowest BCUT2D eigenvalue weighted by Crippen LogP contribution is -2.51. The van der Waals surface area contributed by atoms with Gasteiger partial charge in [-0.3, -0.25) is 14.5 Å². The van der Waals surface area contributed by atoms with Crippen LogP contribution in [0.2, 0.25) is 0 Å². The largest absolute Gasteiger partial charge is 0.416 e. The summed E-state index contributed by atoms with van der Waals surface area (Å²) in [5.41, 5.74) is -0.0979. The Balaban J connectivity index is 1.80. The third-order valence-corrected chi connectivity index (χ3v) is 6.52. The van der Waals surface area contributed by atoms with E-state index in [2.05, 4.69) is 17.2 Å². The molecule has 0 aliphatic carbocycles. The molecule has 7 nitrogen and oxygen atoms in total. The number of amides is 4. The molecule has 38 heavy (non-hydrogen) atoms. The number of hydrogen-bond donors (Lipinski definition) is 2. The first kappa shape index (κ1) is 27.0. The van der Waals surface area contributed by atoms with Gasteiger partial charge in [0.1, 0.15) is 6.04 Å². The zero-order valence-corrected chi connectivity index (χ0v) is 21.1.